The largest absolute Gasteiger partial charge is 0.465 e. The van der Waals surface area contributed by atoms with Crippen LogP contribution in [0.3, 0.4) is 0 Å². The fourth-order valence-corrected chi connectivity index (χ4v) is 2.64. The molecule has 4 aromatic rings. The van der Waals surface area contributed by atoms with E-state index in [1.54, 1.807) is 24.5 Å². The molecule has 0 atom stereocenters. The van der Waals surface area contributed by atoms with Crippen molar-refractivity contribution in [3.63, 3.8) is 0 Å². The second kappa shape index (κ2) is 7.58. The van der Waals surface area contributed by atoms with E-state index in [9.17, 15) is 4.79 Å². The highest BCUT2D eigenvalue weighted by Crippen LogP contribution is 2.34. The van der Waals surface area contributed by atoms with E-state index in [0.29, 0.717) is 17.2 Å². The molecule has 0 spiro atoms. The Kier molecular flexibility index (Phi) is 4.66. The normalized spacial score (nSPS) is 11.0. The Morgan fingerprint density at radius 1 is 0.889 bits per heavy atom. The maximum atomic E-state index is 12.2. The number of nitrogens with zero attached hydrogens (tertiary/aromatic N) is 1. The van der Waals surface area contributed by atoms with E-state index in [1.807, 2.05) is 60.7 Å². The fraction of sp³-hybridized carbons (Fsp3) is 0. The van der Waals surface area contributed by atoms with E-state index < -0.39 is 0 Å². The molecule has 5 nitrogen and oxygen atoms in total. The van der Waals surface area contributed by atoms with Gasteiger partial charge in [-0.1, -0.05) is 60.7 Å². The van der Waals surface area contributed by atoms with Crippen molar-refractivity contribution >= 4 is 18.0 Å². The third-order valence-corrected chi connectivity index (χ3v) is 3.88. The summed E-state index contributed by atoms with van der Waals surface area (Å²) in [5.74, 6) is 0.839. The summed E-state index contributed by atoms with van der Waals surface area (Å²) in [6, 6.07) is 23.0. The first-order chi connectivity index (χ1) is 13.3. The molecule has 5 heteroatoms. The van der Waals surface area contributed by atoms with E-state index in [1.165, 1.54) is 6.08 Å². The van der Waals surface area contributed by atoms with E-state index in [0.717, 1.165) is 11.1 Å². The second-order valence-corrected chi connectivity index (χ2v) is 5.77. The Hall–Kier alpha value is -3.86. The molecule has 1 N–H and O–H groups in total. The van der Waals surface area contributed by atoms with Crippen molar-refractivity contribution in [1.29, 1.82) is 0 Å². The predicted molar refractivity (Wildman–Crippen MR) is 104 cm³/mol. The van der Waals surface area contributed by atoms with Gasteiger partial charge in [0.05, 0.1) is 6.26 Å². The number of amides is 1. The molecule has 0 aliphatic carbocycles. The molecular weight excluding hydrogens is 340 g/mol. The van der Waals surface area contributed by atoms with Crippen LogP contribution >= 0.6 is 0 Å². The van der Waals surface area contributed by atoms with Crippen LogP contribution in [-0.2, 0) is 4.79 Å². The van der Waals surface area contributed by atoms with Crippen LogP contribution in [0.25, 0.3) is 28.7 Å². The van der Waals surface area contributed by atoms with Gasteiger partial charge < -0.3 is 8.83 Å². The standard InChI is InChI=1S/C22H16N2O3/c25-19(14-13-18-12-7-15-26-18)23-22-24-20(16-8-3-1-4-9-16)21(27-22)17-10-5-2-6-11-17/h1-15H,(H,23,24,25)/b14-13+. The van der Waals surface area contributed by atoms with Crippen molar-refractivity contribution in [3.05, 3.63) is 90.9 Å². The van der Waals surface area contributed by atoms with Crippen molar-refractivity contribution in [3.8, 4) is 22.6 Å². The summed E-state index contributed by atoms with van der Waals surface area (Å²) in [6.45, 7) is 0. The number of carbonyl (C=O) groups is 1. The molecule has 132 valence electrons. The van der Waals surface area contributed by atoms with Crippen molar-refractivity contribution in [2.24, 2.45) is 0 Å². The lowest BCUT2D eigenvalue weighted by atomic mass is 10.1. The van der Waals surface area contributed by atoms with Gasteiger partial charge in [0.25, 0.3) is 5.91 Å². The fourth-order valence-electron chi connectivity index (χ4n) is 2.64. The maximum Gasteiger partial charge on any atom is 0.302 e. The van der Waals surface area contributed by atoms with Crippen molar-refractivity contribution in [2.75, 3.05) is 5.32 Å². The van der Waals surface area contributed by atoms with Crippen LogP contribution in [0.15, 0.2) is 94.0 Å². The molecule has 2 aromatic heterocycles. The van der Waals surface area contributed by atoms with E-state index >= 15 is 0 Å². The van der Waals surface area contributed by atoms with Crippen molar-refractivity contribution in [1.82, 2.24) is 4.98 Å². The van der Waals surface area contributed by atoms with E-state index in [2.05, 4.69) is 10.3 Å². The minimum absolute atomic E-state index is 0.141. The van der Waals surface area contributed by atoms with Gasteiger partial charge in [-0.3, -0.25) is 10.1 Å². The highest BCUT2D eigenvalue weighted by molar-refractivity contribution is 6.00. The highest BCUT2D eigenvalue weighted by atomic mass is 16.4. The Morgan fingerprint density at radius 2 is 1.59 bits per heavy atom. The molecule has 0 fully saturated rings. The number of hydrogen-bond acceptors (Lipinski definition) is 4. The van der Waals surface area contributed by atoms with Crippen LogP contribution in [-0.4, -0.2) is 10.9 Å². The van der Waals surface area contributed by atoms with Gasteiger partial charge in [0.2, 0.25) is 0 Å². The third-order valence-electron chi connectivity index (χ3n) is 3.88. The third kappa shape index (κ3) is 3.88. The molecule has 0 unspecified atom stereocenters. The zero-order valence-corrected chi connectivity index (χ0v) is 14.3. The molecule has 0 aliphatic rings. The molecule has 0 saturated carbocycles. The van der Waals surface area contributed by atoms with Gasteiger partial charge in [0, 0.05) is 17.2 Å². The second-order valence-electron chi connectivity index (χ2n) is 5.77. The zero-order valence-electron chi connectivity index (χ0n) is 14.3. The van der Waals surface area contributed by atoms with Crippen molar-refractivity contribution in [2.45, 2.75) is 0 Å². The van der Waals surface area contributed by atoms with Crippen LogP contribution in [0.1, 0.15) is 5.76 Å². The molecule has 0 radical (unpaired) electrons. The first kappa shape index (κ1) is 16.6. The van der Waals surface area contributed by atoms with E-state index in [-0.39, 0.29) is 11.9 Å². The quantitative estimate of drug-likeness (QED) is 0.496. The Bertz CT molecular complexity index is 993. The summed E-state index contributed by atoms with van der Waals surface area (Å²) in [6.07, 6.45) is 4.49. The summed E-state index contributed by atoms with van der Waals surface area (Å²) in [5, 5.41) is 2.66. The summed E-state index contributed by atoms with van der Waals surface area (Å²) in [4.78, 5) is 16.6. The first-order valence-electron chi connectivity index (χ1n) is 8.44. The SMILES string of the molecule is O=C(/C=C/c1ccco1)Nc1nc(-c2ccccc2)c(-c2ccccc2)o1. The molecule has 0 saturated heterocycles. The smallest absolute Gasteiger partial charge is 0.302 e. The Balaban J connectivity index is 1.64. The molecule has 2 heterocycles. The molecule has 4 rings (SSSR count). The average Bonchev–Trinajstić information content (AvgIpc) is 3.38. The Morgan fingerprint density at radius 3 is 2.26 bits per heavy atom. The predicted octanol–water partition coefficient (Wildman–Crippen LogP) is 5.25. The number of aromatic nitrogens is 1. The number of hydrogen-bond donors (Lipinski definition) is 1. The minimum atomic E-state index is -0.355. The minimum Gasteiger partial charge on any atom is -0.465 e. The number of oxazole rings is 1. The summed E-state index contributed by atoms with van der Waals surface area (Å²) in [7, 11) is 0. The van der Waals surface area contributed by atoms with E-state index in [4.69, 9.17) is 8.83 Å². The maximum absolute atomic E-state index is 12.2. The summed E-state index contributed by atoms with van der Waals surface area (Å²) >= 11 is 0. The Labute approximate surface area is 156 Å². The van der Waals surface area contributed by atoms with Gasteiger partial charge >= 0.3 is 6.01 Å². The van der Waals surface area contributed by atoms with Crippen LogP contribution in [0.4, 0.5) is 6.01 Å². The molecule has 0 aliphatic heterocycles. The lowest BCUT2D eigenvalue weighted by Gasteiger charge is -2.00. The molecular formula is C22H16N2O3. The van der Waals surface area contributed by atoms with Crippen LogP contribution in [0.2, 0.25) is 0 Å². The van der Waals surface area contributed by atoms with Gasteiger partial charge in [-0.2, -0.15) is 4.98 Å². The number of anilines is 1. The molecule has 27 heavy (non-hydrogen) atoms. The van der Waals surface area contributed by atoms with Crippen molar-refractivity contribution < 1.29 is 13.6 Å². The zero-order chi connectivity index (χ0) is 18.5. The van der Waals surface area contributed by atoms with Gasteiger partial charge in [0.15, 0.2) is 5.76 Å². The van der Waals surface area contributed by atoms with Gasteiger partial charge in [-0.25, -0.2) is 0 Å². The molecule has 2 aromatic carbocycles. The topological polar surface area (TPSA) is 68.3 Å². The van der Waals surface area contributed by atoms with Gasteiger partial charge in [-0.15, -0.1) is 0 Å². The monoisotopic (exact) mass is 356 g/mol. The number of benzene rings is 2. The number of carbonyl (C=O) groups excluding carboxylic acids is 1. The average molecular weight is 356 g/mol. The molecule has 1 amide bonds. The van der Waals surface area contributed by atoms with Gasteiger partial charge in [0.1, 0.15) is 11.5 Å². The number of furan rings is 1. The summed E-state index contributed by atoms with van der Waals surface area (Å²) in [5.41, 5.74) is 2.47. The number of rotatable bonds is 5. The van der Waals surface area contributed by atoms with Crippen LogP contribution in [0, 0.1) is 0 Å². The highest BCUT2D eigenvalue weighted by Gasteiger charge is 2.17. The first-order valence-corrected chi connectivity index (χ1v) is 8.44. The molecule has 0 bridgehead atoms. The van der Waals surface area contributed by atoms with Gasteiger partial charge in [-0.05, 0) is 18.2 Å². The lowest BCUT2D eigenvalue weighted by Crippen LogP contribution is -2.07. The summed E-state index contributed by atoms with van der Waals surface area (Å²) < 4.78 is 11.0. The number of nitrogens with one attached hydrogen (secondary N) is 1. The van der Waals surface area contributed by atoms with Crippen LogP contribution < -0.4 is 5.32 Å². The van der Waals surface area contributed by atoms with Crippen LogP contribution in [0.5, 0.6) is 0 Å². The lowest BCUT2D eigenvalue weighted by molar-refractivity contribution is -0.112.